The fraction of sp³-hybridized carbons (Fsp3) is 0.444. The molecule has 1 N–H and O–H groups in total. The average molecular weight is 483 g/mol. The number of carbonyl (C=O) groups is 1. The molecule has 0 saturated carbocycles. The van der Waals surface area contributed by atoms with Crippen molar-refractivity contribution in [2.75, 3.05) is 13.1 Å². The van der Waals surface area contributed by atoms with E-state index in [0.717, 1.165) is 30.5 Å². The van der Waals surface area contributed by atoms with Crippen molar-refractivity contribution >= 4 is 28.5 Å². The Hall–Kier alpha value is -2.86. The Morgan fingerprint density at radius 2 is 1.85 bits per heavy atom. The van der Waals surface area contributed by atoms with Gasteiger partial charge in [-0.15, -0.1) is 0 Å². The number of fused-ring (bicyclic) bond motifs is 1. The molecule has 0 saturated heterocycles. The molecule has 0 spiro atoms. The Bertz CT molecular complexity index is 1190. The molecule has 0 aliphatic carbocycles. The second-order valence-corrected chi connectivity index (χ2v) is 9.68. The van der Waals surface area contributed by atoms with E-state index in [4.69, 9.17) is 16.6 Å². The van der Waals surface area contributed by atoms with Gasteiger partial charge >= 0.3 is 6.03 Å². The van der Waals surface area contributed by atoms with E-state index in [1.165, 1.54) is 0 Å². The highest BCUT2D eigenvalue weighted by Crippen LogP contribution is 2.25. The topological polar surface area (TPSA) is 67.2 Å². The van der Waals surface area contributed by atoms with E-state index in [0.29, 0.717) is 40.8 Å². The monoisotopic (exact) mass is 482 g/mol. The zero-order valence-electron chi connectivity index (χ0n) is 20.8. The first-order valence-electron chi connectivity index (χ1n) is 12.1. The summed E-state index contributed by atoms with van der Waals surface area (Å²) in [7, 11) is 0. The van der Waals surface area contributed by atoms with Crippen molar-refractivity contribution in [2.24, 2.45) is 5.92 Å². The molecule has 0 bridgehead atoms. The van der Waals surface area contributed by atoms with Crippen molar-refractivity contribution in [1.82, 2.24) is 19.8 Å². The fourth-order valence-electron chi connectivity index (χ4n) is 3.88. The van der Waals surface area contributed by atoms with Crippen molar-refractivity contribution in [1.29, 1.82) is 0 Å². The number of amides is 2. The van der Waals surface area contributed by atoms with Crippen molar-refractivity contribution in [2.45, 2.75) is 59.9 Å². The number of rotatable bonds is 9. The largest absolute Gasteiger partial charge is 0.338 e. The Labute approximate surface area is 206 Å². The van der Waals surface area contributed by atoms with Gasteiger partial charge in [-0.2, -0.15) is 0 Å². The van der Waals surface area contributed by atoms with Crippen molar-refractivity contribution in [3.63, 3.8) is 0 Å². The summed E-state index contributed by atoms with van der Waals surface area (Å²) in [6.45, 7) is 11.5. The molecule has 7 heteroatoms. The quantitative estimate of drug-likeness (QED) is 0.365. The Morgan fingerprint density at radius 3 is 2.50 bits per heavy atom. The van der Waals surface area contributed by atoms with E-state index in [1.54, 1.807) is 27.7 Å². The zero-order valence-corrected chi connectivity index (χ0v) is 21.5. The van der Waals surface area contributed by atoms with Gasteiger partial charge in [0.1, 0.15) is 5.82 Å². The molecule has 0 aliphatic heterocycles. The van der Waals surface area contributed by atoms with Gasteiger partial charge in [0, 0.05) is 18.1 Å². The maximum Gasteiger partial charge on any atom is 0.318 e. The molecule has 0 radical (unpaired) electrons. The predicted molar refractivity (Wildman–Crippen MR) is 140 cm³/mol. The lowest BCUT2D eigenvalue weighted by molar-refractivity contribution is 0.171. The first-order valence-corrected chi connectivity index (χ1v) is 12.4. The third-order valence-electron chi connectivity index (χ3n) is 6.01. The standard InChI is InChI=1S/C27H35ClN4O2/c1-6-7-15-29-27(34)31(16-14-18(2)3)20(5)25-30-24-17-21(28)10-13-23(24)26(33)32(25)22-11-8-19(4)9-12-22/h8-13,17-18,20H,6-7,14-16H2,1-5H3,(H,29,34). The highest BCUT2D eigenvalue weighted by molar-refractivity contribution is 6.31. The van der Waals surface area contributed by atoms with Crippen LogP contribution in [0.4, 0.5) is 4.79 Å². The van der Waals surface area contributed by atoms with Gasteiger partial charge in [-0.1, -0.05) is 56.5 Å². The van der Waals surface area contributed by atoms with Crippen molar-refractivity contribution in [3.8, 4) is 5.69 Å². The summed E-state index contributed by atoms with van der Waals surface area (Å²) >= 11 is 6.22. The molecule has 1 unspecified atom stereocenters. The van der Waals surface area contributed by atoms with Crippen LogP contribution >= 0.6 is 11.6 Å². The van der Waals surface area contributed by atoms with Crippen LogP contribution < -0.4 is 10.9 Å². The minimum atomic E-state index is -0.433. The molecule has 1 aromatic heterocycles. The SMILES string of the molecule is CCCCNC(=O)N(CCC(C)C)C(C)c1nc2cc(Cl)ccc2c(=O)n1-c1ccc(C)cc1. The van der Waals surface area contributed by atoms with Gasteiger partial charge in [0.2, 0.25) is 0 Å². The fourth-order valence-corrected chi connectivity index (χ4v) is 4.05. The lowest BCUT2D eigenvalue weighted by atomic mass is 10.1. The number of unbranched alkanes of at least 4 members (excludes halogenated alkanes) is 1. The molecular weight excluding hydrogens is 448 g/mol. The molecule has 1 atom stereocenters. The highest BCUT2D eigenvalue weighted by Gasteiger charge is 2.27. The average Bonchev–Trinajstić information content (AvgIpc) is 2.79. The summed E-state index contributed by atoms with van der Waals surface area (Å²) in [6, 6.07) is 12.3. The van der Waals surface area contributed by atoms with Gasteiger partial charge < -0.3 is 10.2 Å². The van der Waals surface area contributed by atoms with Crippen LogP contribution in [0.3, 0.4) is 0 Å². The third kappa shape index (κ3) is 5.98. The third-order valence-corrected chi connectivity index (χ3v) is 6.24. The number of nitrogens with one attached hydrogen (secondary N) is 1. The van der Waals surface area contributed by atoms with E-state index in [-0.39, 0.29) is 11.6 Å². The van der Waals surface area contributed by atoms with Gasteiger partial charge in [-0.05, 0) is 62.9 Å². The number of aromatic nitrogens is 2. The minimum Gasteiger partial charge on any atom is -0.338 e. The summed E-state index contributed by atoms with van der Waals surface area (Å²) in [4.78, 5) is 33.6. The van der Waals surface area contributed by atoms with Gasteiger partial charge in [0.15, 0.2) is 0 Å². The molecular formula is C27H35ClN4O2. The van der Waals surface area contributed by atoms with E-state index in [1.807, 2.05) is 38.1 Å². The lowest BCUT2D eigenvalue weighted by Gasteiger charge is -2.31. The summed E-state index contributed by atoms with van der Waals surface area (Å²) in [6.07, 6.45) is 2.76. The van der Waals surface area contributed by atoms with Crippen LogP contribution in [0.2, 0.25) is 5.02 Å². The van der Waals surface area contributed by atoms with Crippen LogP contribution in [0.15, 0.2) is 47.3 Å². The number of aryl methyl sites for hydroxylation is 1. The van der Waals surface area contributed by atoms with Crippen molar-refractivity contribution < 1.29 is 4.79 Å². The first-order chi connectivity index (χ1) is 16.2. The first kappa shape index (κ1) is 25.8. The molecule has 0 fully saturated rings. The molecule has 2 amide bonds. The maximum atomic E-state index is 13.7. The molecule has 182 valence electrons. The summed E-state index contributed by atoms with van der Waals surface area (Å²) < 4.78 is 1.63. The van der Waals surface area contributed by atoms with Crippen LogP contribution in [-0.2, 0) is 0 Å². The van der Waals surface area contributed by atoms with Crippen LogP contribution in [-0.4, -0.2) is 33.6 Å². The number of carbonyl (C=O) groups excluding carboxylic acids is 1. The number of hydrogen-bond donors (Lipinski definition) is 1. The van der Waals surface area contributed by atoms with Crippen LogP contribution in [0, 0.1) is 12.8 Å². The molecule has 3 aromatic rings. The summed E-state index contributed by atoms with van der Waals surface area (Å²) in [5.41, 5.74) is 2.17. The van der Waals surface area contributed by atoms with Gasteiger partial charge in [0.25, 0.3) is 5.56 Å². The Morgan fingerprint density at radius 1 is 1.15 bits per heavy atom. The number of urea groups is 1. The zero-order chi connectivity index (χ0) is 24.8. The van der Waals surface area contributed by atoms with Crippen molar-refractivity contribution in [3.05, 3.63) is 69.2 Å². The smallest absolute Gasteiger partial charge is 0.318 e. The van der Waals surface area contributed by atoms with Crippen LogP contribution in [0.1, 0.15) is 64.4 Å². The molecule has 0 aliphatic rings. The number of benzene rings is 2. The summed E-state index contributed by atoms with van der Waals surface area (Å²) in [5.74, 6) is 0.943. The molecule has 2 aromatic carbocycles. The van der Waals surface area contributed by atoms with E-state index >= 15 is 0 Å². The second kappa shape index (κ2) is 11.5. The molecule has 3 rings (SSSR count). The van der Waals surface area contributed by atoms with Gasteiger partial charge in [-0.3, -0.25) is 9.36 Å². The number of nitrogens with zero attached hydrogens (tertiary/aromatic N) is 3. The lowest BCUT2D eigenvalue weighted by Crippen LogP contribution is -2.44. The normalized spacial score (nSPS) is 12.2. The predicted octanol–water partition coefficient (Wildman–Crippen LogP) is 6.27. The minimum absolute atomic E-state index is 0.141. The van der Waals surface area contributed by atoms with E-state index in [9.17, 15) is 9.59 Å². The molecule has 1 heterocycles. The number of hydrogen-bond acceptors (Lipinski definition) is 3. The number of halogens is 1. The van der Waals surface area contributed by atoms with Crippen LogP contribution in [0.5, 0.6) is 0 Å². The van der Waals surface area contributed by atoms with Crippen LogP contribution in [0.25, 0.3) is 16.6 Å². The Balaban J connectivity index is 2.16. The van der Waals surface area contributed by atoms with Gasteiger partial charge in [-0.25, -0.2) is 9.78 Å². The summed E-state index contributed by atoms with van der Waals surface area (Å²) in [5, 5.41) is 4.04. The Kier molecular flexibility index (Phi) is 8.72. The second-order valence-electron chi connectivity index (χ2n) is 9.24. The van der Waals surface area contributed by atoms with E-state index < -0.39 is 6.04 Å². The molecule has 34 heavy (non-hydrogen) atoms. The molecule has 6 nitrogen and oxygen atoms in total. The maximum absolute atomic E-state index is 13.7. The highest BCUT2D eigenvalue weighted by atomic mass is 35.5. The van der Waals surface area contributed by atoms with E-state index in [2.05, 4.69) is 26.1 Å². The van der Waals surface area contributed by atoms with Gasteiger partial charge in [0.05, 0.1) is 22.6 Å².